The second-order valence-electron chi connectivity index (χ2n) is 7.24. The number of carbonyl (C=O) groups excluding carboxylic acids is 2. The number of nitro benzene ring substituents is 1. The van der Waals surface area contributed by atoms with Gasteiger partial charge in [0.05, 0.1) is 10.6 Å². The van der Waals surface area contributed by atoms with Crippen LogP contribution in [0.1, 0.15) is 16.7 Å². The summed E-state index contributed by atoms with van der Waals surface area (Å²) in [5.41, 5.74) is 4.94. The highest BCUT2D eigenvalue weighted by atomic mass is 16.6. The van der Waals surface area contributed by atoms with Gasteiger partial charge in [0, 0.05) is 6.07 Å². The van der Waals surface area contributed by atoms with E-state index >= 15 is 0 Å². The van der Waals surface area contributed by atoms with Gasteiger partial charge >= 0.3 is 5.69 Å². The van der Waals surface area contributed by atoms with E-state index in [0.29, 0.717) is 11.3 Å². The molecule has 0 aliphatic carbocycles. The van der Waals surface area contributed by atoms with Crippen molar-refractivity contribution in [1.82, 2.24) is 5.43 Å². The van der Waals surface area contributed by atoms with E-state index in [0.717, 1.165) is 16.1 Å². The maximum absolute atomic E-state index is 12.7. The Morgan fingerprint density at radius 2 is 1.81 bits per heavy atom. The van der Waals surface area contributed by atoms with Crippen molar-refractivity contribution in [3.8, 4) is 5.75 Å². The maximum atomic E-state index is 12.7. The largest absolute Gasteiger partial charge is 0.482 e. The molecule has 8 nitrogen and oxygen atoms in total. The van der Waals surface area contributed by atoms with E-state index in [-0.39, 0.29) is 23.6 Å². The van der Waals surface area contributed by atoms with Crippen LogP contribution in [-0.2, 0) is 16.2 Å². The maximum Gasteiger partial charge on any atom is 0.311 e. The molecule has 32 heavy (non-hydrogen) atoms. The Morgan fingerprint density at radius 1 is 1.03 bits per heavy atom. The fraction of sp³-hybridized carbons (Fsp3) is 0.0833. The smallest absolute Gasteiger partial charge is 0.311 e. The van der Waals surface area contributed by atoms with Crippen LogP contribution in [0.4, 0.5) is 11.4 Å². The van der Waals surface area contributed by atoms with Crippen LogP contribution in [0.3, 0.4) is 0 Å². The van der Waals surface area contributed by atoms with Gasteiger partial charge in [-0.3, -0.25) is 25.1 Å². The van der Waals surface area contributed by atoms with Crippen LogP contribution >= 0.6 is 0 Å². The summed E-state index contributed by atoms with van der Waals surface area (Å²) in [4.78, 5) is 36.1. The van der Waals surface area contributed by atoms with E-state index in [1.165, 1.54) is 18.2 Å². The van der Waals surface area contributed by atoms with Gasteiger partial charge in [0.1, 0.15) is 12.2 Å². The van der Waals surface area contributed by atoms with Crippen molar-refractivity contribution in [3.05, 3.63) is 105 Å². The molecule has 0 spiro atoms. The first-order valence-corrected chi connectivity index (χ1v) is 9.81. The Balaban J connectivity index is 1.58. The predicted octanol–water partition coefficient (Wildman–Crippen LogP) is 3.94. The Labute approximate surface area is 183 Å². The van der Waals surface area contributed by atoms with Crippen LogP contribution < -0.4 is 15.2 Å². The normalized spacial score (nSPS) is 14.5. The molecule has 0 unspecified atom stereocenters. The molecule has 1 fully saturated rings. The van der Waals surface area contributed by atoms with E-state index in [4.69, 9.17) is 4.74 Å². The van der Waals surface area contributed by atoms with Crippen molar-refractivity contribution in [2.75, 3.05) is 5.01 Å². The minimum atomic E-state index is -0.582. The summed E-state index contributed by atoms with van der Waals surface area (Å²) in [6.45, 7) is 2.13. The Hall–Kier alpha value is -4.46. The molecule has 4 rings (SSSR count). The number of aryl methyl sites for hydroxylation is 1. The molecule has 0 radical (unpaired) electrons. The van der Waals surface area contributed by atoms with Gasteiger partial charge < -0.3 is 4.74 Å². The average molecular weight is 429 g/mol. The number of anilines is 1. The van der Waals surface area contributed by atoms with E-state index in [9.17, 15) is 19.7 Å². The molecule has 8 heteroatoms. The number of ether oxygens (including phenoxy) is 1. The lowest BCUT2D eigenvalue weighted by Crippen LogP contribution is -2.35. The number of amides is 2. The molecule has 160 valence electrons. The lowest BCUT2D eigenvalue weighted by atomic mass is 10.1. The van der Waals surface area contributed by atoms with E-state index < -0.39 is 16.7 Å². The molecule has 1 saturated heterocycles. The third kappa shape index (κ3) is 4.34. The molecular formula is C24H19N3O5. The zero-order valence-electron chi connectivity index (χ0n) is 17.1. The highest BCUT2D eigenvalue weighted by molar-refractivity contribution is 6.31. The third-order valence-corrected chi connectivity index (χ3v) is 4.87. The van der Waals surface area contributed by atoms with Gasteiger partial charge in [0.2, 0.25) is 0 Å². The molecule has 1 heterocycles. The topological polar surface area (TPSA) is 102 Å². The fourth-order valence-electron chi connectivity index (χ4n) is 3.33. The summed E-state index contributed by atoms with van der Waals surface area (Å²) >= 11 is 0. The molecule has 3 aromatic carbocycles. The second-order valence-corrected chi connectivity index (χ2v) is 7.24. The molecule has 1 aliphatic heterocycles. The van der Waals surface area contributed by atoms with Crippen molar-refractivity contribution in [2.24, 2.45) is 0 Å². The van der Waals surface area contributed by atoms with Gasteiger partial charge in [-0.2, -0.15) is 0 Å². The Kier molecular flexibility index (Phi) is 5.67. The zero-order valence-corrected chi connectivity index (χ0v) is 17.1. The first-order valence-electron chi connectivity index (χ1n) is 9.81. The van der Waals surface area contributed by atoms with E-state index in [1.807, 2.05) is 31.2 Å². The molecule has 0 bridgehead atoms. The van der Waals surface area contributed by atoms with Crippen LogP contribution in [-0.4, -0.2) is 16.7 Å². The summed E-state index contributed by atoms with van der Waals surface area (Å²) in [5.74, 6) is -1.02. The monoisotopic (exact) mass is 429 g/mol. The molecule has 1 N–H and O–H groups in total. The van der Waals surface area contributed by atoms with Crippen LogP contribution in [0.25, 0.3) is 6.08 Å². The molecule has 1 aliphatic rings. The second kappa shape index (κ2) is 8.73. The lowest BCUT2D eigenvalue weighted by Gasteiger charge is -2.13. The van der Waals surface area contributed by atoms with Gasteiger partial charge in [-0.05, 0) is 42.3 Å². The highest BCUT2D eigenvalue weighted by Gasteiger charge is 2.34. The quantitative estimate of drug-likeness (QED) is 0.277. The zero-order chi connectivity index (χ0) is 22.7. The number of rotatable bonds is 6. The first kappa shape index (κ1) is 20.8. The number of hydrogen-bond donors (Lipinski definition) is 1. The number of nitro groups is 1. The van der Waals surface area contributed by atoms with Crippen molar-refractivity contribution in [1.29, 1.82) is 0 Å². The first-order chi connectivity index (χ1) is 15.4. The number of hydrogen-bond acceptors (Lipinski definition) is 5. The molecule has 0 aromatic heterocycles. The van der Waals surface area contributed by atoms with Crippen LogP contribution in [0.15, 0.2) is 78.4 Å². The van der Waals surface area contributed by atoms with Crippen molar-refractivity contribution < 1.29 is 19.2 Å². The molecule has 3 aromatic rings. The number of hydrazine groups is 1. The fourth-order valence-corrected chi connectivity index (χ4v) is 3.33. The van der Waals surface area contributed by atoms with Crippen molar-refractivity contribution >= 4 is 29.3 Å². The predicted molar refractivity (Wildman–Crippen MR) is 119 cm³/mol. The Morgan fingerprint density at radius 3 is 2.53 bits per heavy atom. The molecule has 0 saturated carbocycles. The van der Waals surface area contributed by atoms with Gasteiger partial charge in [-0.15, -0.1) is 0 Å². The van der Waals surface area contributed by atoms with E-state index in [2.05, 4.69) is 5.43 Å². The Bertz CT molecular complexity index is 1240. The summed E-state index contributed by atoms with van der Waals surface area (Å²) in [6.07, 6.45) is 1.33. The number of nitrogens with zero attached hydrogens (tertiary/aromatic N) is 2. The minimum absolute atomic E-state index is 0.103. The van der Waals surface area contributed by atoms with Crippen LogP contribution in [0.2, 0.25) is 0 Å². The van der Waals surface area contributed by atoms with Crippen molar-refractivity contribution in [2.45, 2.75) is 13.5 Å². The van der Waals surface area contributed by atoms with Crippen molar-refractivity contribution in [3.63, 3.8) is 0 Å². The van der Waals surface area contributed by atoms with E-state index in [1.54, 1.807) is 36.4 Å². The van der Waals surface area contributed by atoms with Gasteiger partial charge in [-0.1, -0.05) is 54.1 Å². The molecule has 0 atom stereocenters. The summed E-state index contributed by atoms with van der Waals surface area (Å²) < 4.78 is 5.66. The van der Waals surface area contributed by atoms with Gasteiger partial charge in [0.25, 0.3) is 11.8 Å². The minimum Gasteiger partial charge on any atom is -0.482 e. The number of para-hydroxylation sites is 1. The number of benzene rings is 3. The summed E-state index contributed by atoms with van der Waals surface area (Å²) in [6, 6.07) is 20.6. The van der Waals surface area contributed by atoms with Crippen LogP contribution in [0.5, 0.6) is 5.75 Å². The van der Waals surface area contributed by atoms with Crippen LogP contribution in [0, 0.1) is 17.0 Å². The number of carbonyl (C=O) groups is 2. The SMILES string of the molecule is Cc1cccc(COc2ccc(/C=C3/C(=O)NN(c4ccccc4)C3=O)cc2[N+](=O)[O-])c1. The van der Waals surface area contributed by atoms with Gasteiger partial charge in [0.15, 0.2) is 5.75 Å². The standard InChI is InChI=1S/C24H19N3O5/c1-16-6-5-7-18(12-16)15-32-22-11-10-17(14-21(22)27(30)31)13-20-23(28)25-26(24(20)29)19-8-3-2-4-9-19/h2-14H,15H2,1H3,(H,25,28)/b20-13-. The number of nitrogens with one attached hydrogen (secondary N) is 1. The summed E-state index contributed by atoms with van der Waals surface area (Å²) in [5, 5.41) is 12.7. The summed E-state index contributed by atoms with van der Waals surface area (Å²) in [7, 11) is 0. The lowest BCUT2D eigenvalue weighted by molar-refractivity contribution is -0.386. The average Bonchev–Trinajstić information content (AvgIpc) is 3.07. The third-order valence-electron chi connectivity index (χ3n) is 4.87. The van der Waals surface area contributed by atoms with Gasteiger partial charge in [-0.25, -0.2) is 5.01 Å². The molecular weight excluding hydrogens is 410 g/mol. The highest BCUT2D eigenvalue weighted by Crippen LogP contribution is 2.30. The molecule has 2 amide bonds.